The molecule has 7 heteroatoms. The molecular weight excluding hydrogens is 250 g/mol. The fourth-order valence-corrected chi connectivity index (χ4v) is 1.27. The van der Waals surface area contributed by atoms with Crippen molar-refractivity contribution in [3.63, 3.8) is 0 Å². The fraction of sp³-hybridized carbons (Fsp3) is 0.333. The summed E-state index contributed by atoms with van der Waals surface area (Å²) in [4.78, 5) is 21.6. The molecular formula is C12H13N3O4. The molecule has 0 unspecified atom stereocenters. The van der Waals surface area contributed by atoms with E-state index in [1.165, 1.54) is 6.07 Å². The Labute approximate surface area is 109 Å². The van der Waals surface area contributed by atoms with Crippen LogP contribution in [0, 0.1) is 21.4 Å². The van der Waals surface area contributed by atoms with E-state index in [9.17, 15) is 14.9 Å². The van der Waals surface area contributed by atoms with Crippen LogP contribution in [0.5, 0.6) is 0 Å². The maximum absolute atomic E-state index is 11.5. The van der Waals surface area contributed by atoms with Gasteiger partial charge >= 0.3 is 6.09 Å². The Morgan fingerprint density at radius 1 is 1.42 bits per heavy atom. The normalized spacial score (nSPS) is 10.4. The highest BCUT2D eigenvalue weighted by molar-refractivity contribution is 5.85. The summed E-state index contributed by atoms with van der Waals surface area (Å²) in [5.74, 6) is 0. The molecule has 0 saturated carbocycles. The van der Waals surface area contributed by atoms with E-state index in [4.69, 9.17) is 10.00 Å². The fourth-order valence-electron chi connectivity index (χ4n) is 1.27. The maximum atomic E-state index is 11.5. The first kappa shape index (κ1) is 14.4. The van der Waals surface area contributed by atoms with Crippen LogP contribution in [0.1, 0.15) is 26.3 Å². The summed E-state index contributed by atoms with van der Waals surface area (Å²) in [6.45, 7) is 5.09. The highest BCUT2D eigenvalue weighted by atomic mass is 16.6. The molecule has 19 heavy (non-hydrogen) atoms. The molecule has 0 aromatic heterocycles. The van der Waals surface area contributed by atoms with Gasteiger partial charge in [0, 0.05) is 12.1 Å². The van der Waals surface area contributed by atoms with E-state index in [1.807, 2.05) is 0 Å². The van der Waals surface area contributed by atoms with Crippen LogP contribution < -0.4 is 5.32 Å². The number of benzene rings is 1. The Morgan fingerprint density at radius 3 is 2.53 bits per heavy atom. The summed E-state index contributed by atoms with van der Waals surface area (Å²) in [6, 6.07) is 5.40. The first-order valence-electron chi connectivity index (χ1n) is 5.41. The van der Waals surface area contributed by atoms with Crippen molar-refractivity contribution in [3.05, 3.63) is 33.9 Å². The minimum absolute atomic E-state index is 0.0836. The third-order valence-electron chi connectivity index (χ3n) is 1.90. The molecule has 1 N–H and O–H groups in total. The summed E-state index contributed by atoms with van der Waals surface area (Å²) in [7, 11) is 0. The SMILES string of the molecule is CC(C)(C)OC(=O)Nc1cc(C#N)cc([N+](=O)[O-])c1. The monoisotopic (exact) mass is 263 g/mol. The number of anilines is 1. The van der Waals surface area contributed by atoms with Crippen LogP contribution in [0.4, 0.5) is 16.2 Å². The van der Waals surface area contributed by atoms with E-state index in [1.54, 1.807) is 26.8 Å². The van der Waals surface area contributed by atoms with E-state index >= 15 is 0 Å². The van der Waals surface area contributed by atoms with Gasteiger partial charge in [-0.2, -0.15) is 5.26 Å². The number of carbonyl (C=O) groups excluding carboxylic acids is 1. The average Bonchev–Trinajstić information content (AvgIpc) is 2.25. The van der Waals surface area contributed by atoms with Gasteiger partial charge in [0.2, 0.25) is 0 Å². The Balaban J connectivity index is 2.96. The van der Waals surface area contributed by atoms with E-state index in [-0.39, 0.29) is 16.9 Å². The zero-order valence-electron chi connectivity index (χ0n) is 10.8. The molecule has 1 amide bonds. The largest absolute Gasteiger partial charge is 0.444 e. The number of amides is 1. The molecule has 0 atom stereocenters. The number of nitriles is 1. The summed E-state index contributed by atoms with van der Waals surface area (Å²) < 4.78 is 5.01. The van der Waals surface area contributed by atoms with Crippen molar-refractivity contribution in [1.29, 1.82) is 5.26 Å². The number of rotatable bonds is 2. The second-order valence-electron chi connectivity index (χ2n) is 4.76. The predicted octanol–water partition coefficient (Wildman–Crippen LogP) is 2.81. The van der Waals surface area contributed by atoms with Crippen molar-refractivity contribution >= 4 is 17.5 Å². The molecule has 0 spiro atoms. The molecule has 0 aliphatic heterocycles. The topological polar surface area (TPSA) is 105 Å². The van der Waals surface area contributed by atoms with Crippen LogP contribution in [-0.4, -0.2) is 16.6 Å². The van der Waals surface area contributed by atoms with Crippen LogP contribution in [0.2, 0.25) is 0 Å². The molecule has 7 nitrogen and oxygen atoms in total. The highest BCUT2D eigenvalue weighted by Gasteiger charge is 2.17. The van der Waals surface area contributed by atoms with Crippen molar-refractivity contribution in [2.45, 2.75) is 26.4 Å². The van der Waals surface area contributed by atoms with E-state index in [0.29, 0.717) is 0 Å². The van der Waals surface area contributed by atoms with Gasteiger partial charge in [0.05, 0.1) is 22.2 Å². The number of hydrogen-bond donors (Lipinski definition) is 1. The minimum Gasteiger partial charge on any atom is -0.444 e. The lowest BCUT2D eigenvalue weighted by Gasteiger charge is -2.19. The number of non-ortho nitro benzene ring substituents is 1. The van der Waals surface area contributed by atoms with Gasteiger partial charge in [-0.25, -0.2) is 4.79 Å². The van der Waals surface area contributed by atoms with Crippen molar-refractivity contribution in [3.8, 4) is 6.07 Å². The van der Waals surface area contributed by atoms with E-state index < -0.39 is 16.6 Å². The Morgan fingerprint density at radius 2 is 2.05 bits per heavy atom. The summed E-state index contributed by atoms with van der Waals surface area (Å²) in [5, 5.41) is 21.8. The molecule has 100 valence electrons. The van der Waals surface area contributed by atoms with Gasteiger partial charge in [-0.15, -0.1) is 0 Å². The Kier molecular flexibility index (Phi) is 4.07. The molecule has 0 aliphatic rings. The molecule has 1 rings (SSSR count). The van der Waals surface area contributed by atoms with Gasteiger partial charge in [0.15, 0.2) is 0 Å². The van der Waals surface area contributed by atoms with Gasteiger partial charge in [0.1, 0.15) is 5.60 Å². The summed E-state index contributed by atoms with van der Waals surface area (Å²) >= 11 is 0. The first-order chi connectivity index (χ1) is 8.71. The molecule has 0 fully saturated rings. The number of ether oxygens (including phenoxy) is 1. The van der Waals surface area contributed by atoms with Gasteiger partial charge < -0.3 is 4.74 Å². The standard InChI is InChI=1S/C12H13N3O4/c1-12(2,3)19-11(16)14-9-4-8(7-13)5-10(6-9)15(17)18/h4-6H,1-3H3,(H,14,16). The Bertz CT molecular complexity index is 555. The van der Waals surface area contributed by atoms with Crippen LogP contribution in [-0.2, 0) is 4.74 Å². The third kappa shape index (κ3) is 4.63. The number of nitro benzene ring substituents is 1. The highest BCUT2D eigenvalue weighted by Crippen LogP contribution is 2.21. The van der Waals surface area contributed by atoms with Gasteiger partial charge in [0.25, 0.3) is 5.69 Å². The quantitative estimate of drug-likeness (QED) is 0.652. The van der Waals surface area contributed by atoms with Crippen LogP contribution >= 0.6 is 0 Å². The predicted molar refractivity (Wildman–Crippen MR) is 67.7 cm³/mol. The number of carbonyl (C=O) groups is 1. The molecule has 1 aromatic carbocycles. The van der Waals surface area contributed by atoms with Crippen molar-refractivity contribution in [2.24, 2.45) is 0 Å². The molecule has 1 aromatic rings. The smallest absolute Gasteiger partial charge is 0.412 e. The summed E-state index contributed by atoms with van der Waals surface area (Å²) in [5.41, 5.74) is -0.728. The third-order valence-corrected chi connectivity index (χ3v) is 1.90. The van der Waals surface area contributed by atoms with E-state index in [0.717, 1.165) is 12.1 Å². The van der Waals surface area contributed by atoms with Crippen molar-refractivity contribution in [2.75, 3.05) is 5.32 Å². The van der Waals surface area contributed by atoms with Crippen LogP contribution in [0.15, 0.2) is 18.2 Å². The maximum Gasteiger partial charge on any atom is 0.412 e. The van der Waals surface area contributed by atoms with E-state index in [2.05, 4.69) is 5.32 Å². The zero-order chi connectivity index (χ0) is 14.6. The zero-order valence-corrected chi connectivity index (χ0v) is 10.8. The first-order valence-corrected chi connectivity index (χ1v) is 5.41. The van der Waals surface area contributed by atoms with Crippen molar-refractivity contribution in [1.82, 2.24) is 0 Å². The molecule has 0 aliphatic carbocycles. The Hall–Kier alpha value is -2.62. The lowest BCUT2D eigenvalue weighted by molar-refractivity contribution is -0.384. The lowest BCUT2D eigenvalue weighted by atomic mass is 10.2. The van der Waals surface area contributed by atoms with Gasteiger partial charge in [-0.05, 0) is 26.8 Å². The number of nitro groups is 1. The second kappa shape index (κ2) is 5.35. The average molecular weight is 263 g/mol. The lowest BCUT2D eigenvalue weighted by Crippen LogP contribution is -2.27. The molecule has 0 heterocycles. The van der Waals surface area contributed by atoms with Crippen LogP contribution in [0.3, 0.4) is 0 Å². The minimum atomic E-state index is -0.739. The van der Waals surface area contributed by atoms with Gasteiger partial charge in [-0.1, -0.05) is 0 Å². The van der Waals surface area contributed by atoms with Crippen molar-refractivity contribution < 1.29 is 14.5 Å². The molecule has 0 bridgehead atoms. The number of nitrogens with one attached hydrogen (secondary N) is 1. The molecule has 0 saturated heterocycles. The summed E-state index contributed by atoms with van der Waals surface area (Å²) in [6.07, 6.45) is -0.739. The number of nitrogens with zero attached hydrogens (tertiary/aromatic N) is 2. The number of hydrogen-bond acceptors (Lipinski definition) is 5. The molecule has 0 radical (unpaired) electrons. The second-order valence-corrected chi connectivity index (χ2v) is 4.76. The van der Waals surface area contributed by atoms with Gasteiger partial charge in [-0.3, -0.25) is 15.4 Å². The van der Waals surface area contributed by atoms with Crippen LogP contribution in [0.25, 0.3) is 0 Å².